The van der Waals surface area contributed by atoms with E-state index in [2.05, 4.69) is 0 Å². The van der Waals surface area contributed by atoms with Gasteiger partial charge in [-0.15, -0.1) is 0 Å². The van der Waals surface area contributed by atoms with Crippen LogP contribution >= 0.6 is 0 Å². The lowest BCUT2D eigenvalue weighted by atomic mass is 9.97. The van der Waals surface area contributed by atoms with E-state index in [4.69, 9.17) is 24.4 Å². The van der Waals surface area contributed by atoms with Crippen LogP contribution < -0.4 is 0 Å². The lowest BCUT2D eigenvalue weighted by molar-refractivity contribution is -0.361. The van der Waals surface area contributed by atoms with Crippen LogP contribution in [0.25, 0.3) is 0 Å². The standard InChI is InChI=1S/C12H22O11/c13-1-3-6(16)8(18)10(11(20)21-3)23-12-9(19)7(17)5(15)4(2-14)22-12/h3-20H,1-2H2/t3-,4-,5+,6+,7+,8+,9+,10+,11+,12-/m1/s1. The zero-order valence-electron chi connectivity index (χ0n) is 12.0. The maximum absolute atomic E-state index is 9.94. The van der Waals surface area contributed by atoms with Crippen LogP contribution in [0.15, 0.2) is 0 Å². The van der Waals surface area contributed by atoms with Crippen molar-refractivity contribution in [2.45, 2.75) is 61.4 Å². The number of aliphatic hydroxyl groups is 8. The molecule has 2 saturated heterocycles. The predicted octanol–water partition coefficient (Wildman–Crippen LogP) is -5.40. The zero-order chi connectivity index (χ0) is 17.3. The minimum atomic E-state index is -1.75. The molecule has 0 radical (unpaired) electrons. The van der Waals surface area contributed by atoms with Gasteiger partial charge in [0.2, 0.25) is 0 Å². The Balaban J connectivity index is 2.08. The number of hydrogen-bond acceptors (Lipinski definition) is 11. The molecule has 0 saturated carbocycles. The molecule has 23 heavy (non-hydrogen) atoms. The molecule has 2 fully saturated rings. The molecule has 0 aromatic carbocycles. The van der Waals surface area contributed by atoms with E-state index >= 15 is 0 Å². The highest BCUT2D eigenvalue weighted by Gasteiger charge is 2.50. The van der Waals surface area contributed by atoms with Crippen LogP contribution in [0.1, 0.15) is 0 Å². The summed E-state index contributed by atoms with van der Waals surface area (Å²) in [4.78, 5) is 0. The highest BCUT2D eigenvalue weighted by atomic mass is 16.7. The smallest absolute Gasteiger partial charge is 0.187 e. The fourth-order valence-electron chi connectivity index (χ4n) is 2.55. The van der Waals surface area contributed by atoms with Gasteiger partial charge < -0.3 is 55.1 Å². The van der Waals surface area contributed by atoms with Gasteiger partial charge in [0.05, 0.1) is 13.2 Å². The van der Waals surface area contributed by atoms with Crippen molar-refractivity contribution in [3.8, 4) is 0 Å². The van der Waals surface area contributed by atoms with Gasteiger partial charge in [-0.3, -0.25) is 0 Å². The van der Waals surface area contributed by atoms with Gasteiger partial charge in [-0.05, 0) is 0 Å². The Morgan fingerprint density at radius 2 is 1.17 bits per heavy atom. The second kappa shape index (κ2) is 7.63. The SMILES string of the molecule is OC[C@H]1O[C@H](O[C@H]2[C@@H](O)[C@@H](O)[C@@H](CO)O[C@@H]2O)[C@@H](O)[C@@H](O)[C@H]1O. The molecule has 2 rings (SSSR count). The maximum Gasteiger partial charge on any atom is 0.187 e. The largest absolute Gasteiger partial charge is 0.394 e. The summed E-state index contributed by atoms with van der Waals surface area (Å²) in [5.74, 6) is 0. The van der Waals surface area contributed by atoms with E-state index in [1.807, 2.05) is 0 Å². The molecule has 0 amide bonds. The second-order valence-electron chi connectivity index (χ2n) is 5.53. The van der Waals surface area contributed by atoms with Crippen molar-refractivity contribution < 1.29 is 55.1 Å². The average molecular weight is 342 g/mol. The summed E-state index contributed by atoms with van der Waals surface area (Å²) < 4.78 is 15.1. The molecule has 0 spiro atoms. The fraction of sp³-hybridized carbons (Fsp3) is 1.00. The molecule has 0 aromatic heterocycles. The molecular weight excluding hydrogens is 320 g/mol. The third-order valence-electron chi connectivity index (χ3n) is 3.98. The van der Waals surface area contributed by atoms with E-state index in [9.17, 15) is 30.6 Å². The van der Waals surface area contributed by atoms with E-state index in [0.29, 0.717) is 0 Å². The molecule has 136 valence electrons. The molecule has 0 unspecified atom stereocenters. The highest BCUT2D eigenvalue weighted by Crippen LogP contribution is 2.28. The Bertz CT molecular complexity index is 380. The van der Waals surface area contributed by atoms with Gasteiger partial charge in [-0.1, -0.05) is 0 Å². The lowest BCUT2D eigenvalue weighted by Crippen LogP contribution is -2.64. The molecule has 10 atom stereocenters. The topological polar surface area (TPSA) is 190 Å². The number of rotatable bonds is 4. The van der Waals surface area contributed by atoms with E-state index < -0.39 is 74.6 Å². The Morgan fingerprint density at radius 1 is 0.652 bits per heavy atom. The summed E-state index contributed by atoms with van der Waals surface area (Å²) in [7, 11) is 0. The number of hydrogen-bond donors (Lipinski definition) is 8. The van der Waals surface area contributed by atoms with Crippen LogP contribution in [0, 0.1) is 0 Å². The highest BCUT2D eigenvalue weighted by molar-refractivity contribution is 4.93. The predicted molar refractivity (Wildman–Crippen MR) is 68.6 cm³/mol. The third kappa shape index (κ3) is 3.65. The molecule has 2 aliphatic rings. The van der Waals surface area contributed by atoms with Crippen molar-refractivity contribution in [1.29, 1.82) is 0 Å². The number of ether oxygens (including phenoxy) is 3. The van der Waals surface area contributed by atoms with Gasteiger partial charge in [0.15, 0.2) is 12.6 Å². The van der Waals surface area contributed by atoms with E-state index in [1.54, 1.807) is 0 Å². The molecule has 2 heterocycles. The van der Waals surface area contributed by atoms with Crippen LogP contribution in [0.3, 0.4) is 0 Å². The van der Waals surface area contributed by atoms with Gasteiger partial charge in [-0.25, -0.2) is 0 Å². The summed E-state index contributed by atoms with van der Waals surface area (Å²) in [6, 6.07) is 0. The first-order chi connectivity index (χ1) is 10.8. The Morgan fingerprint density at radius 3 is 1.74 bits per heavy atom. The van der Waals surface area contributed by atoms with Crippen LogP contribution in [0.5, 0.6) is 0 Å². The van der Waals surface area contributed by atoms with Crippen LogP contribution in [0.4, 0.5) is 0 Å². The quantitative estimate of drug-likeness (QED) is 0.243. The van der Waals surface area contributed by atoms with Gasteiger partial charge in [-0.2, -0.15) is 0 Å². The van der Waals surface area contributed by atoms with Crippen molar-refractivity contribution in [2.24, 2.45) is 0 Å². The van der Waals surface area contributed by atoms with E-state index in [1.165, 1.54) is 0 Å². The summed E-state index contributed by atoms with van der Waals surface area (Å²) in [6.45, 7) is -1.33. The molecule has 0 bridgehead atoms. The molecule has 2 aliphatic heterocycles. The monoisotopic (exact) mass is 342 g/mol. The van der Waals surface area contributed by atoms with Crippen LogP contribution in [0.2, 0.25) is 0 Å². The van der Waals surface area contributed by atoms with Crippen LogP contribution in [-0.2, 0) is 14.2 Å². The van der Waals surface area contributed by atoms with E-state index in [0.717, 1.165) is 0 Å². The normalized spacial score (nSPS) is 51.7. The first-order valence-corrected chi connectivity index (χ1v) is 7.08. The van der Waals surface area contributed by atoms with E-state index in [-0.39, 0.29) is 0 Å². The summed E-state index contributed by atoms with van der Waals surface area (Å²) in [5, 5.41) is 76.7. The first-order valence-electron chi connectivity index (χ1n) is 7.08. The summed E-state index contributed by atoms with van der Waals surface area (Å²) in [6.07, 6.45) is -15.6. The van der Waals surface area contributed by atoms with Gasteiger partial charge >= 0.3 is 0 Å². The fourth-order valence-corrected chi connectivity index (χ4v) is 2.55. The minimum absolute atomic E-state index is 0.651. The van der Waals surface area contributed by atoms with Crippen molar-refractivity contribution in [3.05, 3.63) is 0 Å². The molecule has 0 aliphatic carbocycles. The Kier molecular flexibility index (Phi) is 6.27. The molecule has 11 heteroatoms. The van der Waals surface area contributed by atoms with Crippen molar-refractivity contribution in [3.63, 3.8) is 0 Å². The summed E-state index contributed by atoms with van der Waals surface area (Å²) in [5.41, 5.74) is 0. The Hall–Kier alpha value is -0.440. The maximum atomic E-state index is 9.94. The Labute approximate surface area is 130 Å². The van der Waals surface area contributed by atoms with Gasteiger partial charge in [0.1, 0.15) is 48.8 Å². The lowest BCUT2D eigenvalue weighted by Gasteiger charge is -2.44. The third-order valence-corrected chi connectivity index (χ3v) is 3.98. The second-order valence-corrected chi connectivity index (χ2v) is 5.53. The van der Waals surface area contributed by atoms with Crippen LogP contribution in [-0.4, -0.2) is 115 Å². The minimum Gasteiger partial charge on any atom is -0.394 e. The van der Waals surface area contributed by atoms with Crippen molar-refractivity contribution >= 4 is 0 Å². The molecule has 0 aromatic rings. The van der Waals surface area contributed by atoms with Crippen molar-refractivity contribution in [1.82, 2.24) is 0 Å². The van der Waals surface area contributed by atoms with Gasteiger partial charge in [0.25, 0.3) is 0 Å². The molecule has 8 N–H and O–H groups in total. The summed E-state index contributed by atoms with van der Waals surface area (Å²) >= 11 is 0. The molecule has 11 nitrogen and oxygen atoms in total. The molecular formula is C12H22O11. The zero-order valence-corrected chi connectivity index (χ0v) is 12.0. The van der Waals surface area contributed by atoms with Gasteiger partial charge in [0, 0.05) is 0 Å². The first kappa shape index (κ1) is 18.9. The number of aliphatic hydroxyl groups excluding tert-OH is 8. The average Bonchev–Trinajstić information content (AvgIpc) is 2.54. The van der Waals surface area contributed by atoms with Crippen molar-refractivity contribution in [2.75, 3.05) is 13.2 Å².